The van der Waals surface area contributed by atoms with Crippen molar-refractivity contribution < 1.29 is 0 Å². The van der Waals surface area contributed by atoms with E-state index >= 15 is 0 Å². The first-order valence-corrected chi connectivity index (χ1v) is 6.57. The molecule has 0 radical (unpaired) electrons. The summed E-state index contributed by atoms with van der Waals surface area (Å²) in [6, 6.07) is 4.90. The highest BCUT2D eigenvalue weighted by atomic mass is 79.9. The van der Waals surface area contributed by atoms with Gasteiger partial charge in [-0.2, -0.15) is 0 Å². The van der Waals surface area contributed by atoms with Gasteiger partial charge in [-0.1, -0.05) is 0 Å². The van der Waals surface area contributed by atoms with Gasteiger partial charge in [-0.05, 0) is 66.6 Å². The second kappa shape index (κ2) is 7.31. The molecule has 1 aliphatic heterocycles. The minimum Gasteiger partial charge on any atom is -0.317 e. The highest BCUT2D eigenvalue weighted by molar-refractivity contribution is 9.10. The molecule has 1 aromatic heterocycles. The number of halogens is 2. The van der Waals surface area contributed by atoms with E-state index in [1.54, 1.807) is 0 Å². The van der Waals surface area contributed by atoms with Crippen LogP contribution in [0.25, 0.3) is 0 Å². The molecule has 0 atom stereocenters. The number of piperidine rings is 1. The van der Waals surface area contributed by atoms with Crippen LogP contribution in [0.3, 0.4) is 0 Å². The summed E-state index contributed by atoms with van der Waals surface area (Å²) in [7, 11) is 2.06. The van der Waals surface area contributed by atoms with Crippen LogP contribution < -0.4 is 5.32 Å². The monoisotopic (exact) mass is 319 g/mol. The number of nitrogens with one attached hydrogen (secondary N) is 1. The minimum atomic E-state index is 0. The van der Waals surface area contributed by atoms with Gasteiger partial charge in [-0.25, -0.2) is 4.98 Å². The van der Waals surface area contributed by atoms with Gasteiger partial charge >= 0.3 is 0 Å². The van der Waals surface area contributed by atoms with Crippen LogP contribution in [0.1, 0.15) is 18.4 Å². The summed E-state index contributed by atoms with van der Waals surface area (Å²) >= 11 is 3.41. The van der Waals surface area contributed by atoms with E-state index in [0.717, 1.165) is 11.1 Å². The molecular formula is C12H19BrClN3. The molecule has 3 nitrogen and oxygen atoms in total. The third kappa shape index (κ3) is 4.54. The average Bonchev–Trinajstić information content (AvgIpc) is 2.30. The zero-order valence-corrected chi connectivity index (χ0v) is 12.4. The van der Waals surface area contributed by atoms with E-state index in [-0.39, 0.29) is 12.4 Å². The van der Waals surface area contributed by atoms with Crippen molar-refractivity contribution >= 4 is 28.3 Å². The lowest BCUT2D eigenvalue weighted by Crippen LogP contribution is -2.40. The van der Waals surface area contributed by atoms with E-state index in [1.165, 1.54) is 31.5 Å². The summed E-state index contributed by atoms with van der Waals surface area (Å²) in [4.78, 5) is 6.66. The third-order valence-electron chi connectivity index (χ3n) is 3.19. The molecule has 2 rings (SSSR count). The maximum atomic E-state index is 4.15. The van der Waals surface area contributed by atoms with Gasteiger partial charge in [-0.15, -0.1) is 12.4 Å². The van der Waals surface area contributed by atoms with E-state index in [4.69, 9.17) is 0 Å². The molecular weight excluding hydrogens is 302 g/mol. The summed E-state index contributed by atoms with van der Waals surface area (Å²) in [6.07, 6.45) is 4.37. The largest absolute Gasteiger partial charge is 0.317 e. The van der Waals surface area contributed by atoms with Crippen molar-refractivity contribution in [3.8, 4) is 0 Å². The SMILES string of the molecule is CNC1CCN(Cc2ccnc(Br)c2)CC1.Cl. The predicted molar refractivity (Wildman–Crippen MR) is 76.5 cm³/mol. The quantitative estimate of drug-likeness (QED) is 0.867. The van der Waals surface area contributed by atoms with Crippen molar-refractivity contribution in [2.24, 2.45) is 0 Å². The first kappa shape index (κ1) is 14.9. The highest BCUT2D eigenvalue weighted by Gasteiger charge is 2.17. The fourth-order valence-corrected chi connectivity index (χ4v) is 2.59. The van der Waals surface area contributed by atoms with Crippen molar-refractivity contribution in [3.05, 3.63) is 28.5 Å². The van der Waals surface area contributed by atoms with Gasteiger partial charge in [0.25, 0.3) is 0 Å². The molecule has 0 bridgehead atoms. The lowest BCUT2D eigenvalue weighted by Gasteiger charge is -2.31. The van der Waals surface area contributed by atoms with Crippen LogP contribution >= 0.6 is 28.3 Å². The van der Waals surface area contributed by atoms with Crippen molar-refractivity contribution in [2.75, 3.05) is 20.1 Å². The summed E-state index contributed by atoms with van der Waals surface area (Å²) < 4.78 is 0.926. The van der Waals surface area contributed by atoms with Crippen LogP contribution in [0.4, 0.5) is 0 Å². The number of rotatable bonds is 3. The average molecular weight is 321 g/mol. The first-order chi connectivity index (χ1) is 7.78. The molecule has 2 heterocycles. The van der Waals surface area contributed by atoms with Gasteiger partial charge < -0.3 is 5.32 Å². The normalized spacial score (nSPS) is 17.8. The van der Waals surface area contributed by atoms with Crippen LogP contribution in [0.2, 0.25) is 0 Å². The molecule has 1 aliphatic rings. The maximum absolute atomic E-state index is 4.15. The van der Waals surface area contributed by atoms with Crippen molar-refractivity contribution in [2.45, 2.75) is 25.4 Å². The Balaban J connectivity index is 0.00000144. The second-order valence-electron chi connectivity index (χ2n) is 4.33. The first-order valence-electron chi connectivity index (χ1n) is 5.78. The van der Waals surface area contributed by atoms with Gasteiger partial charge in [0.05, 0.1) is 0 Å². The lowest BCUT2D eigenvalue weighted by molar-refractivity contribution is 0.194. The summed E-state index contributed by atoms with van der Waals surface area (Å²) in [5.74, 6) is 0. The smallest absolute Gasteiger partial charge is 0.106 e. The summed E-state index contributed by atoms with van der Waals surface area (Å²) in [6.45, 7) is 3.41. The Kier molecular flexibility index (Phi) is 6.41. The molecule has 0 saturated carbocycles. The number of pyridine rings is 1. The molecule has 0 unspecified atom stereocenters. The maximum Gasteiger partial charge on any atom is 0.106 e. The van der Waals surface area contributed by atoms with Gasteiger partial charge in [-0.3, -0.25) is 4.90 Å². The fourth-order valence-electron chi connectivity index (χ4n) is 2.18. The summed E-state index contributed by atoms with van der Waals surface area (Å²) in [5, 5.41) is 3.35. The van der Waals surface area contributed by atoms with Gasteiger partial charge in [0, 0.05) is 18.8 Å². The molecule has 0 spiro atoms. The van der Waals surface area contributed by atoms with Gasteiger partial charge in [0.1, 0.15) is 4.60 Å². The molecule has 1 N–H and O–H groups in total. The van der Waals surface area contributed by atoms with Crippen LogP contribution in [-0.4, -0.2) is 36.1 Å². The molecule has 1 aromatic rings. The van der Waals surface area contributed by atoms with Gasteiger partial charge in [0.2, 0.25) is 0 Å². The van der Waals surface area contributed by atoms with Crippen LogP contribution in [0.5, 0.6) is 0 Å². The number of hydrogen-bond acceptors (Lipinski definition) is 3. The van der Waals surface area contributed by atoms with E-state index in [1.807, 2.05) is 6.20 Å². The highest BCUT2D eigenvalue weighted by Crippen LogP contribution is 2.15. The zero-order valence-electron chi connectivity index (χ0n) is 10.0. The molecule has 96 valence electrons. The topological polar surface area (TPSA) is 28.2 Å². The number of aromatic nitrogens is 1. The number of nitrogens with zero attached hydrogens (tertiary/aromatic N) is 2. The predicted octanol–water partition coefficient (Wildman–Crippen LogP) is 2.45. The molecule has 0 aromatic carbocycles. The third-order valence-corrected chi connectivity index (χ3v) is 3.63. The zero-order chi connectivity index (χ0) is 11.4. The number of hydrogen-bond donors (Lipinski definition) is 1. The second-order valence-corrected chi connectivity index (χ2v) is 5.14. The van der Waals surface area contributed by atoms with E-state index in [2.05, 4.69) is 50.3 Å². The van der Waals surface area contributed by atoms with E-state index < -0.39 is 0 Å². The molecule has 0 amide bonds. The molecule has 17 heavy (non-hydrogen) atoms. The standard InChI is InChI=1S/C12H18BrN3.ClH/c1-14-11-3-6-16(7-4-11)9-10-2-5-15-12(13)8-10;/h2,5,8,11,14H,3-4,6-7,9H2,1H3;1H. The molecule has 5 heteroatoms. The van der Waals surface area contributed by atoms with E-state index in [0.29, 0.717) is 6.04 Å². The number of likely N-dealkylation sites (tertiary alicyclic amines) is 1. The van der Waals surface area contributed by atoms with E-state index in [9.17, 15) is 0 Å². The molecule has 1 fully saturated rings. The van der Waals surface area contributed by atoms with Crippen LogP contribution in [-0.2, 0) is 6.54 Å². The summed E-state index contributed by atoms with van der Waals surface area (Å²) in [5.41, 5.74) is 1.34. The molecule has 1 saturated heterocycles. The molecule has 0 aliphatic carbocycles. The fraction of sp³-hybridized carbons (Fsp3) is 0.583. The minimum absolute atomic E-state index is 0. The Morgan fingerprint density at radius 3 is 2.76 bits per heavy atom. The van der Waals surface area contributed by atoms with Crippen molar-refractivity contribution in [1.29, 1.82) is 0 Å². The Morgan fingerprint density at radius 2 is 2.18 bits per heavy atom. The van der Waals surface area contributed by atoms with Crippen LogP contribution in [0, 0.1) is 0 Å². The van der Waals surface area contributed by atoms with Gasteiger partial charge in [0.15, 0.2) is 0 Å². The van der Waals surface area contributed by atoms with Crippen molar-refractivity contribution in [3.63, 3.8) is 0 Å². The lowest BCUT2D eigenvalue weighted by atomic mass is 10.0. The Labute approximate surface area is 118 Å². The van der Waals surface area contributed by atoms with Crippen molar-refractivity contribution in [1.82, 2.24) is 15.2 Å². The Morgan fingerprint density at radius 1 is 1.47 bits per heavy atom. The van der Waals surface area contributed by atoms with Crippen LogP contribution in [0.15, 0.2) is 22.9 Å². The Bertz CT molecular complexity index is 340. The Hall–Kier alpha value is -0.160.